The fourth-order valence-electron chi connectivity index (χ4n) is 1.06. The third-order valence-corrected chi connectivity index (χ3v) is 1.94. The van der Waals surface area contributed by atoms with Crippen molar-refractivity contribution in [3.05, 3.63) is 0 Å². The van der Waals surface area contributed by atoms with Crippen LogP contribution in [0.15, 0.2) is 0 Å². The highest BCUT2D eigenvalue weighted by Gasteiger charge is 1.99. The highest BCUT2D eigenvalue weighted by Crippen LogP contribution is 1.80. The Hall–Kier alpha value is -0.810. The number of nitrogens with zero attached hydrogens (tertiary/aromatic N) is 2. The zero-order valence-electron chi connectivity index (χ0n) is 10.3. The summed E-state index contributed by atoms with van der Waals surface area (Å²) in [5.74, 6) is 0. The van der Waals surface area contributed by atoms with Crippen LogP contribution in [0.25, 0.3) is 0 Å². The molecular formula is C10H24N4O. The number of hydrogen-bond acceptors (Lipinski definition) is 3. The zero-order chi connectivity index (χ0) is 11.7. The molecule has 0 aromatic heterocycles. The van der Waals surface area contributed by atoms with Gasteiger partial charge in [-0.3, -0.25) is 0 Å². The minimum absolute atomic E-state index is 0.0370. The molecule has 0 aliphatic heterocycles. The van der Waals surface area contributed by atoms with Gasteiger partial charge in [0.05, 0.1) is 0 Å². The molecule has 0 atom stereocenters. The van der Waals surface area contributed by atoms with Crippen LogP contribution in [-0.4, -0.2) is 70.2 Å². The molecule has 0 spiro atoms. The van der Waals surface area contributed by atoms with Gasteiger partial charge >= 0.3 is 6.03 Å². The Bertz CT molecular complexity index is 171. The molecule has 0 fully saturated rings. The van der Waals surface area contributed by atoms with Gasteiger partial charge in [-0.15, -0.1) is 0 Å². The first-order valence-corrected chi connectivity index (χ1v) is 5.34. The molecule has 15 heavy (non-hydrogen) atoms. The van der Waals surface area contributed by atoms with Crippen LogP contribution in [0.2, 0.25) is 0 Å². The molecule has 0 aliphatic rings. The number of nitrogens with one attached hydrogen (secondary N) is 2. The third-order valence-electron chi connectivity index (χ3n) is 1.94. The molecule has 90 valence electrons. The monoisotopic (exact) mass is 216 g/mol. The lowest BCUT2D eigenvalue weighted by atomic mass is 10.4. The van der Waals surface area contributed by atoms with E-state index in [0.717, 1.165) is 26.1 Å². The van der Waals surface area contributed by atoms with Crippen molar-refractivity contribution in [3.63, 3.8) is 0 Å². The maximum Gasteiger partial charge on any atom is 0.316 e. The van der Waals surface area contributed by atoms with Gasteiger partial charge in [-0.2, -0.15) is 0 Å². The van der Waals surface area contributed by atoms with Crippen molar-refractivity contribution in [1.82, 2.24) is 20.4 Å². The van der Waals surface area contributed by atoms with Gasteiger partial charge in [-0.05, 0) is 33.6 Å². The lowest BCUT2D eigenvalue weighted by Crippen LogP contribution is -2.38. The van der Waals surface area contributed by atoms with Crippen LogP contribution in [0.5, 0.6) is 0 Å². The van der Waals surface area contributed by atoms with Crippen molar-refractivity contribution in [3.8, 4) is 0 Å². The fourth-order valence-corrected chi connectivity index (χ4v) is 1.06. The molecule has 0 aromatic carbocycles. The summed E-state index contributed by atoms with van der Waals surface area (Å²) in [4.78, 5) is 14.8. The molecule has 2 amide bonds. The maximum atomic E-state index is 11.1. The van der Waals surface area contributed by atoms with E-state index in [1.165, 1.54) is 4.90 Å². The molecule has 0 radical (unpaired) electrons. The maximum absolute atomic E-state index is 11.1. The van der Waals surface area contributed by atoms with Gasteiger partial charge in [-0.1, -0.05) is 0 Å². The molecule has 0 aromatic rings. The van der Waals surface area contributed by atoms with Gasteiger partial charge < -0.3 is 20.4 Å². The van der Waals surface area contributed by atoms with Crippen LogP contribution in [0.3, 0.4) is 0 Å². The fraction of sp³-hybridized carbons (Fsp3) is 0.900. The first-order chi connectivity index (χ1) is 7.04. The van der Waals surface area contributed by atoms with Gasteiger partial charge in [0.1, 0.15) is 0 Å². The van der Waals surface area contributed by atoms with E-state index in [1.54, 1.807) is 14.1 Å². The van der Waals surface area contributed by atoms with Crippen LogP contribution in [0, 0.1) is 0 Å². The predicted molar refractivity (Wildman–Crippen MR) is 63.1 cm³/mol. The second-order valence-electron chi connectivity index (χ2n) is 4.03. The van der Waals surface area contributed by atoms with E-state index in [0.29, 0.717) is 6.54 Å². The largest absolute Gasteiger partial charge is 0.337 e. The summed E-state index contributed by atoms with van der Waals surface area (Å²) in [6.45, 7) is 3.60. The van der Waals surface area contributed by atoms with Crippen molar-refractivity contribution in [2.45, 2.75) is 6.42 Å². The van der Waals surface area contributed by atoms with E-state index in [2.05, 4.69) is 29.6 Å². The van der Waals surface area contributed by atoms with Crippen LogP contribution in [0.1, 0.15) is 6.42 Å². The lowest BCUT2D eigenvalue weighted by molar-refractivity contribution is 0.217. The number of amides is 2. The zero-order valence-corrected chi connectivity index (χ0v) is 10.3. The number of carbonyl (C=O) groups excluding carboxylic acids is 1. The Balaban J connectivity index is 3.15. The smallest absolute Gasteiger partial charge is 0.316 e. The Morgan fingerprint density at radius 3 is 2.27 bits per heavy atom. The SMILES string of the molecule is CN(C)CCCNCCNC(=O)N(C)C. The molecule has 0 saturated carbocycles. The normalized spacial score (nSPS) is 10.5. The van der Waals surface area contributed by atoms with Gasteiger partial charge in [0, 0.05) is 27.2 Å². The molecular weight excluding hydrogens is 192 g/mol. The Morgan fingerprint density at radius 2 is 1.73 bits per heavy atom. The highest BCUT2D eigenvalue weighted by atomic mass is 16.2. The summed E-state index contributed by atoms with van der Waals surface area (Å²) in [5, 5.41) is 6.07. The van der Waals surface area contributed by atoms with E-state index in [4.69, 9.17) is 0 Å². The van der Waals surface area contributed by atoms with E-state index in [-0.39, 0.29) is 6.03 Å². The summed E-state index contributed by atoms with van der Waals surface area (Å²) < 4.78 is 0. The number of hydrogen-bond donors (Lipinski definition) is 2. The summed E-state index contributed by atoms with van der Waals surface area (Å²) >= 11 is 0. The van der Waals surface area contributed by atoms with Crippen LogP contribution in [-0.2, 0) is 0 Å². The number of rotatable bonds is 7. The lowest BCUT2D eigenvalue weighted by Gasteiger charge is -2.12. The molecule has 0 heterocycles. The molecule has 0 rings (SSSR count). The second kappa shape index (κ2) is 8.49. The summed E-state index contributed by atoms with van der Waals surface area (Å²) in [6.07, 6.45) is 1.13. The Morgan fingerprint density at radius 1 is 1.07 bits per heavy atom. The van der Waals surface area contributed by atoms with Crippen molar-refractivity contribution >= 4 is 6.03 Å². The van der Waals surface area contributed by atoms with E-state index >= 15 is 0 Å². The molecule has 0 bridgehead atoms. The van der Waals surface area contributed by atoms with Gasteiger partial charge in [-0.25, -0.2) is 4.79 Å². The summed E-state index contributed by atoms with van der Waals surface area (Å²) in [5.41, 5.74) is 0. The quantitative estimate of drug-likeness (QED) is 0.579. The molecule has 0 aliphatic carbocycles. The molecule has 0 saturated heterocycles. The molecule has 5 heteroatoms. The first-order valence-electron chi connectivity index (χ1n) is 5.34. The van der Waals surface area contributed by atoms with Crippen molar-refractivity contribution < 1.29 is 4.79 Å². The number of urea groups is 1. The minimum atomic E-state index is -0.0370. The minimum Gasteiger partial charge on any atom is -0.337 e. The highest BCUT2D eigenvalue weighted by molar-refractivity contribution is 5.73. The Labute approximate surface area is 92.8 Å². The predicted octanol–water partition coefficient (Wildman–Crippen LogP) is -0.201. The van der Waals surface area contributed by atoms with Crippen LogP contribution >= 0.6 is 0 Å². The number of carbonyl (C=O) groups is 1. The first kappa shape index (κ1) is 14.2. The van der Waals surface area contributed by atoms with E-state index in [9.17, 15) is 4.79 Å². The van der Waals surface area contributed by atoms with E-state index in [1.807, 2.05) is 0 Å². The van der Waals surface area contributed by atoms with Crippen molar-refractivity contribution in [2.24, 2.45) is 0 Å². The molecule has 0 unspecified atom stereocenters. The molecule has 5 nitrogen and oxygen atoms in total. The van der Waals surface area contributed by atoms with Crippen LogP contribution in [0.4, 0.5) is 4.79 Å². The van der Waals surface area contributed by atoms with Crippen molar-refractivity contribution in [1.29, 1.82) is 0 Å². The van der Waals surface area contributed by atoms with Gasteiger partial charge in [0.15, 0.2) is 0 Å². The Kier molecular flexibility index (Phi) is 8.04. The standard InChI is InChI=1S/C10H24N4O/c1-13(2)9-5-6-11-7-8-12-10(15)14(3)4/h11H,5-9H2,1-4H3,(H,12,15). The van der Waals surface area contributed by atoms with Gasteiger partial charge in [0.25, 0.3) is 0 Å². The topological polar surface area (TPSA) is 47.6 Å². The second-order valence-corrected chi connectivity index (χ2v) is 4.03. The van der Waals surface area contributed by atoms with Crippen LogP contribution < -0.4 is 10.6 Å². The van der Waals surface area contributed by atoms with E-state index < -0.39 is 0 Å². The average Bonchev–Trinajstić information content (AvgIpc) is 2.15. The molecule has 2 N–H and O–H groups in total. The summed E-state index contributed by atoms with van der Waals surface area (Å²) in [7, 11) is 7.61. The van der Waals surface area contributed by atoms with Crippen molar-refractivity contribution in [2.75, 3.05) is 54.4 Å². The van der Waals surface area contributed by atoms with Gasteiger partial charge in [0.2, 0.25) is 0 Å². The third kappa shape index (κ3) is 9.49. The summed E-state index contributed by atoms with van der Waals surface area (Å²) in [6, 6.07) is -0.0370. The average molecular weight is 216 g/mol.